The van der Waals surface area contributed by atoms with Crippen LogP contribution in [0.15, 0.2) is 0 Å². The Labute approximate surface area is 105 Å². The lowest BCUT2D eigenvalue weighted by molar-refractivity contribution is 0.00191. The topological polar surface area (TPSA) is 60.7 Å². The van der Waals surface area contributed by atoms with Gasteiger partial charge in [-0.05, 0) is 42.9 Å². The molecule has 0 aromatic rings. The van der Waals surface area contributed by atoms with Gasteiger partial charge in [0.15, 0.2) is 0 Å². The van der Waals surface area contributed by atoms with Gasteiger partial charge in [0, 0.05) is 19.8 Å². The molecule has 17 heavy (non-hydrogen) atoms. The maximum atomic E-state index is 9.69. The molecule has 1 fully saturated rings. The highest BCUT2D eigenvalue weighted by Gasteiger charge is 2.38. The third-order valence-electron chi connectivity index (χ3n) is 4.37. The lowest BCUT2D eigenvalue weighted by Crippen LogP contribution is -2.37. The van der Waals surface area contributed by atoms with Gasteiger partial charge in [-0.15, -0.1) is 0 Å². The van der Waals surface area contributed by atoms with Crippen LogP contribution in [-0.4, -0.2) is 35.1 Å². The average molecular weight is 244 g/mol. The summed E-state index contributed by atoms with van der Waals surface area (Å²) in [7, 11) is 0. The molecule has 1 saturated carbocycles. The molecule has 0 aromatic heterocycles. The highest BCUT2D eigenvalue weighted by Crippen LogP contribution is 2.46. The van der Waals surface area contributed by atoms with E-state index >= 15 is 0 Å². The maximum absolute atomic E-state index is 9.69. The summed E-state index contributed by atoms with van der Waals surface area (Å²) in [6.45, 7) is 2.65. The first-order chi connectivity index (χ1) is 8.10. The summed E-state index contributed by atoms with van der Waals surface area (Å²) in [5.41, 5.74) is -0.131. The number of rotatable bonds is 7. The van der Waals surface area contributed by atoms with Gasteiger partial charge in [-0.25, -0.2) is 0 Å². The van der Waals surface area contributed by atoms with Gasteiger partial charge < -0.3 is 15.3 Å². The fraction of sp³-hybridized carbons (Fsp3) is 1.00. The van der Waals surface area contributed by atoms with Crippen molar-refractivity contribution < 1.29 is 15.3 Å². The Hall–Kier alpha value is -0.120. The Bertz CT molecular complexity index is 212. The molecule has 0 aromatic carbocycles. The second kappa shape index (κ2) is 6.72. The van der Waals surface area contributed by atoms with Gasteiger partial charge in [0.25, 0.3) is 0 Å². The molecule has 3 heteroatoms. The van der Waals surface area contributed by atoms with Crippen LogP contribution in [0.3, 0.4) is 0 Å². The Kier molecular flexibility index (Phi) is 5.90. The van der Waals surface area contributed by atoms with Crippen LogP contribution in [0.25, 0.3) is 0 Å². The highest BCUT2D eigenvalue weighted by molar-refractivity contribution is 4.89. The zero-order chi connectivity index (χ0) is 12.8. The number of hydrogen-bond acceptors (Lipinski definition) is 3. The predicted molar refractivity (Wildman–Crippen MR) is 68.7 cm³/mol. The first-order valence-electron chi connectivity index (χ1n) is 6.92. The van der Waals surface area contributed by atoms with Crippen molar-refractivity contribution in [3.63, 3.8) is 0 Å². The number of aliphatic hydroxyl groups excluding tert-OH is 3. The molecule has 0 radical (unpaired) electrons. The molecule has 0 heterocycles. The molecule has 1 unspecified atom stereocenters. The first-order valence-corrected chi connectivity index (χ1v) is 6.92. The Morgan fingerprint density at radius 3 is 2.18 bits per heavy atom. The van der Waals surface area contributed by atoms with Crippen molar-refractivity contribution in [3.05, 3.63) is 0 Å². The molecule has 3 nitrogen and oxygen atoms in total. The molecular formula is C14H28O3. The second-order valence-corrected chi connectivity index (χ2v) is 6.19. The van der Waals surface area contributed by atoms with Crippen LogP contribution in [0, 0.1) is 10.8 Å². The van der Waals surface area contributed by atoms with Crippen LogP contribution >= 0.6 is 0 Å². The van der Waals surface area contributed by atoms with Crippen LogP contribution in [-0.2, 0) is 0 Å². The second-order valence-electron chi connectivity index (χ2n) is 6.19. The van der Waals surface area contributed by atoms with Crippen molar-refractivity contribution in [3.8, 4) is 0 Å². The summed E-state index contributed by atoms with van der Waals surface area (Å²) in [5.74, 6) is 0. The monoisotopic (exact) mass is 244 g/mol. The third-order valence-corrected chi connectivity index (χ3v) is 4.37. The summed E-state index contributed by atoms with van der Waals surface area (Å²) in [5, 5.41) is 28.2. The summed E-state index contributed by atoms with van der Waals surface area (Å²) in [6.07, 6.45) is 8.28. The van der Waals surface area contributed by atoms with Crippen LogP contribution in [0.5, 0.6) is 0 Å². The van der Waals surface area contributed by atoms with Gasteiger partial charge in [-0.3, -0.25) is 0 Å². The van der Waals surface area contributed by atoms with E-state index in [4.69, 9.17) is 5.11 Å². The fourth-order valence-electron chi connectivity index (χ4n) is 3.33. The van der Waals surface area contributed by atoms with Crippen molar-refractivity contribution in [1.82, 2.24) is 0 Å². The molecule has 1 atom stereocenters. The van der Waals surface area contributed by atoms with E-state index in [0.29, 0.717) is 0 Å². The van der Waals surface area contributed by atoms with E-state index in [1.165, 1.54) is 19.3 Å². The quantitative estimate of drug-likeness (QED) is 0.642. The van der Waals surface area contributed by atoms with Crippen molar-refractivity contribution in [2.45, 2.75) is 58.3 Å². The van der Waals surface area contributed by atoms with E-state index in [1.807, 2.05) is 0 Å². The molecule has 1 aliphatic carbocycles. The molecule has 1 aliphatic rings. The predicted octanol–water partition coefficient (Wildman–Crippen LogP) is 2.09. The smallest absolute Gasteiger partial charge is 0.0487 e. The van der Waals surface area contributed by atoms with Crippen molar-refractivity contribution in [2.24, 2.45) is 10.8 Å². The lowest BCUT2D eigenvalue weighted by atomic mass is 9.64. The number of aliphatic hydroxyl groups is 3. The SMILES string of the molecule is CC(CO)(CCCO)CC1(CO)CCCCC1. The van der Waals surface area contributed by atoms with Gasteiger partial charge >= 0.3 is 0 Å². The minimum atomic E-state index is -0.150. The summed E-state index contributed by atoms with van der Waals surface area (Å²) in [6, 6.07) is 0. The lowest BCUT2D eigenvalue weighted by Gasteiger charge is -2.42. The Balaban J connectivity index is 2.62. The molecule has 0 amide bonds. The van der Waals surface area contributed by atoms with Gasteiger partial charge in [-0.2, -0.15) is 0 Å². The normalized spacial score (nSPS) is 23.3. The van der Waals surface area contributed by atoms with Crippen molar-refractivity contribution in [2.75, 3.05) is 19.8 Å². The summed E-state index contributed by atoms with van der Waals surface area (Å²) in [4.78, 5) is 0. The zero-order valence-electron chi connectivity index (χ0n) is 11.1. The summed E-state index contributed by atoms with van der Waals surface area (Å²) < 4.78 is 0. The first kappa shape index (κ1) is 14.9. The van der Waals surface area contributed by atoms with Gasteiger partial charge in [0.1, 0.15) is 0 Å². The minimum absolute atomic E-state index is 0.0190. The van der Waals surface area contributed by atoms with Crippen molar-refractivity contribution in [1.29, 1.82) is 0 Å². The molecule has 102 valence electrons. The van der Waals surface area contributed by atoms with Crippen LogP contribution in [0.2, 0.25) is 0 Å². The third kappa shape index (κ3) is 4.23. The highest BCUT2D eigenvalue weighted by atomic mass is 16.3. The van der Waals surface area contributed by atoms with Crippen LogP contribution in [0.1, 0.15) is 58.3 Å². The average Bonchev–Trinajstić information content (AvgIpc) is 2.37. The molecule has 1 rings (SSSR count). The molecule has 0 spiro atoms. The van der Waals surface area contributed by atoms with Gasteiger partial charge in [-0.1, -0.05) is 26.2 Å². The van der Waals surface area contributed by atoms with E-state index < -0.39 is 0 Å². The fourth-order valence-corrected chi connectivity index (χ4v) is 3.33. The van der Waals surface area contributed by atoms with Crippen LogP contribution in [0.4, 0.5) is 0 Å². The number of hydrogen-bond donors (Lipinski definition) is 3. The van der Waals surface area contributed by atoms with E-state index in [0.717, 1.165) is 32.1 Å². The Morgan fingerprint density at radius 1 is 1.06 bits per heavy atom. The van der Waals surface area contributed by atoms with E-state index in [2.05, 4.69) is 6.92 Å². The minimum Gasteiger partial charge on any atom is -0.396 e. The zero-order valence-corrected chi connectivity index (χ0v) is 11.1. The standard InChI is InChI=1S/C14H28O3/c1-13(11-16,6-5-9-15)10-14(12-17)7-3-2-4-8-14/h15-17H,2-12H2,1H3. The molecule has 0 aliphatic heterocycles. The molecule has 0 saturated heterocycles. The van der Waals surface area contributed by atoms with E-state index in [9.17, 15) is 10.2 Å². The molecule has 3 N–H and O–H groups in total. The summed E-state index contributed by atoms with van der Waals surface area (Å²) >= 11 is 0. The van der Waals surface area contributed by atoms with Crippen LogP contribution < -0.4 is 0 Å². The largest absolute Gasteiger partial charge is 0.396 e. The Morgan fingerprint density at radius 2 is 1.71 bits per heavy atom. The maximum Gasteiger partial charge on any atom is 0.0487 e. The van der Waals surface area contributed by atoms with Gasteiger partial charge in [0.2, 0.25) is 0 Å². The molecule has 0 bridgehead atoms. The van der Waals surface area contributed by atoms with E-state index in [1.54, 1.807) is 0 Å². The van der Waals surface area contributed by atoms with Crippen molar-refractivity contribution >= 4 is 0 Å². The molecular weight excluding hydrogens is 216 g/mol. The van der Waals surface area contributed by atoms with Gasteiger partial charge in [0.05, 0.1) is 0 Å². The van der Waals surface area contributed by atoms with E-state index in [-0.39, 0.29) is 30.7 Å².